The van der Waals surface area contributed by atoms with Crippen LogP contribution >= 0.6 is 0 Å². The molecular weight excluding hydrogens is 216 g/mol. The quantitative estimate of drug-likeness (QED) is 0.740. The van der Waals surface area contributed by atoms with Crippen molar-refractivity contribution in [3.05, 3.63) is 0 Å². The summed E-state index contributed by atoms with van der Waals surface area (Å²) in [7, 11) is 1.66. The molecule has 0 aromatic carbocycles. The third-order valence-corrected chi connectivity index (χ3v) is 2.75. The largest absolute Gasteiger partial charge is 0.383 e. The summed E-state index contributed by atoms with van der Waals surface area (Å²) in [6.07, 6.45) is 0.963. The van der Waals surface area contributed by atoms with Gasteiger partial charge in [-0.3, -0.25) is 4.79 Å². The van der Waals surface area contributed by atoms with Gasteiger partial charge in [0.15, 0.2) is 0 Å². The molecule has 0 aromatic heterocycles. The highest BCUT2D eigenvalue weighted by molar-refractivity contribution is 5.78. The lowest BCUT2D eigenvalue weighted by Gasteiger charge is -2.30. The summed E-state index contributed by atoms with van der Waals surface area (Å²) in [5.41, 5.74) is -0.0297. The second-order valence-corrected chi connectivity index (χ2v) is 5.44. The number of hydrogen-bond acceptors (Lipinski definition) is 3. The maximum Gasteiger partial charge on any atom is 0.236 e. The number of ether oxygens (including phenoxy) is 1. The molecule has 0 radical (unpaired) electrons. The van der Waals surface area contributed by atoms with Crippen molar-refractivity contribution in [2.45, 2.75) is 52.6 Å². The molecule has 0 heterocycles. The van der Waals surface area contributed by atoms with Crippen LogP contribution in [0.25, 0.3) is 0 Å². The monoisotopic (exact) mass is 244 g/mol. The predicted molar refractivity (Wildman–Crippen MR) is 71.1 cm³/mol. The van der Waals surface area contributed by atoms with Crippen molar-refractivity contribution >= 4 is 5.91 Å². The molecule has 1 atom stereocenters. The first-order chi connectivity index (χ1) is 7.81. The highest BCUT2D eigenvalue weighted by Crippen LogP contribution is 2.05. The molecule has 0 saturated carbocycles. The van der Waals surface area contributed by atoms with Gasteiger partial charge in [0.25, 0.3) is 0 Å². The fourth-order valence-corrected chi connectivity index (χ4v) is 1.44. The molecule has 0 aliphatic heterocycles. The standard InChI is InChI=1S/C13H28N2O2/c1-7-11(2)15(8-9-17-6)12(16)10-14-13(3,4)5/h11,14H,7-10H2,1-6H3. The molecule has 4 nitrogen and oxygen atoms in total. The molecule has 0 rings (SSSR count). The summed E-state index contributed by atoms with van der Waals surface area (Å²) < 4.78 is 5.05. The number of nitrogens with zero attached hydrogens (tertiary/aromatic N) is 1. The molecule has 0 aliphatic rings. The van der Waals surface area contributed by atoms with E-state index in [4.69, 9.17) is 4.74 Å². The third-order valence-electron chi connectivity index (χ3n) is 2.75. The van der Waals surface area contributed by atoms with Crippen molar-refractivity contribution in [2.24, 2.45) is 0 Å². The molecule has 1 amide bonds. The zero-order valence-electron chi connectivity index (χ0n) is 12.2. The van der Waals surface area contributed by atoms with Gasteiger partial charge < -0.3 is 15.0 Å². The van der Waals surface area contributed by atoms with E-state index in [1.165, 1.54) is 0 Å². The lowest BCUT2D eigenvalue weighted by Crippen LogP contribution is -2.48. The number of methoxy groups -OCH3 is 1. The average Bonchev–Trinajstić information content (AvgIpc) is 2.25. The van der Waals surface area contributed by atoms with Gasteiger partial charge in [0.1, 0.15) is 0 Å². The van der Waals surface area contributed by atoms with Crippen molar-refractivity contribution < 1.29 is 9.53 Å². The fourth-order valence-electron chi connectivity index (χ4n) is 1.44. The molecule has 1 unspecified atom stereocenters. The highest BCUT2D eigenvalue weighted by Gasteiger charge is 2.20. The van der Waals surface area contributed by atoms with Crippen LogP contribution < -0.4 is 5.32 Å². The second-order valence-electron chi connectivity index (χ2n) is 5.44. The van der Waals surface area contributed by atoms with Crippen LogP contribution in [0.3, 0.4) is 0 Å². The van der Waals surface area contributed by atoms with Crippen LogP contribution in [-0.4, -0.2) is 49.2 Å². The SMILES string of the molecule is CCC(C)N(CCOC)C(=O)CNC(C)(C)C. The molecule has 0 bridgehead atoms. The Morgan fingerprint density at radius 2 is 2.00 bits per heavy atom. The maximum atomic E-state index is 12.1. The van der Waals surface area contributed by atoms with E-state index in [0.717, 1.165) is 6.42 Å². The van der Waals surface area contributed by atoms with Crippen molar-refractivity contribution in [2.75, 3.05) is 26.8 Å². The Hall–Kier alpha value is -0.610. The summed E-state index contributed by atoms with van der Waals surface area (Å²) in [5, 5.41) is 3.23. The number of nitrogens with one attached hydrogen (secondary N) is 1. The van der Waals surface area contributed by atoms with Crippen LogP contribution in [-0.2, 0) is 9.53 Å². The average molecular weight is 244 g/mol. The van der Waals surface area contributed by atoms with E-state index in [0.29, 0.717) is 19.7 Å². The Kier molecular flexibility index (Phi) is 7.39. The van der Waals surface area contributed by atoms with Crippen LogP contribution in [0, 0.1) is 0 Å². The van der Waals surface area contributed by atoms with Gasteiger partial charge in [-0.25, -0.2) is 0 Å². The summed E-state index contributed by atoms with van der Waals surface area (Å²) in [5.74, 6) is 0.145. The molecular formula is C13H28N2O2. The molecule has 4 heteroatoms. The van der Waals surface area contributed by atoms with Gasteiger partial charge in [0, 0.05) is 25.2 Å². The lowest BCUT2D eigenvalue weighted by molar-refractivity contribution is -0.133. The number of carbonyl (C=O) groups is 1. The molecule has 0 fully saturated rings. The minimum Gasteiger partial charge on any atom is -0.383 e. The Morgan fingerprint density at radius 1 is 1.41 bits per heavy atom. The van der Waals surface area contributed by atoms with E-state index in [1.54, 1.807) is 7.11 Å². The Bertz CT molecular complexity index is 224. The molecule has 0 saturated heterocycles. The van der Waals surface area contributed by atoms with Crippen molar-refractivity contribution in [1.82, 2.24) is 10.2 Å². The molecule has 0 aromatic rings. The predicted octanol–water partition coefficient (Wildman–Crippen LogP) is 1.65. The van der Waals surface area contributed by atoms with Gasteiger partial charge in [0.2, 0.25) is 5.91 Å². The summed E-state index contributed by atoms with van der Waals surface area (Å²) in [6.45, 7) is 12.0. The highest BCUT2D eigenvalue weighted by atomic mass is 16.5. The van der Waals surface area contributed by atoms with Crippen LogP contribution in [0.15, 0.2) is 0 Å². The minimum atomic E-state index is -0.0297. The van der Waals surface area contributed by atoms with Crippen molar-refractivity contribution in [1.29, 1.82) is 0 Å². The topological polar surface area (TPSA) is 41.6 Å². The maximum absolute atomic E-state index is 12.1. The minimum absolute atomic E-state index is 0.0297. The first-order valence-electron chi connectivity index (χ1n) is 6.35. The first kappa shape index (κ1) is 16.4. The van der Waals surface area contributed by atoms with Gasteiger partial charge in [-0.1, -0.05) is 6.92 Å². The first-order valence-corrected chi connectivity index (χ1v) is 6.35. The number of rotatable bonds is 7. The fraction of sp³-hybridized carbons (Fsp3) is 0.923. The van der Waals surface area contributed by atoms with Gasteiger partial charge in [-0.2, -0.15) is 0 Å². The second kappa shape index (κ2) is 7.67. The normalized spacial score (nSPS) is 13.5. The van der Waals surface area contributed by atoms with E-state index in [2.05, 4.69) is 39.9 Å². The van der Waals surface area contributed by atoms with Gasteiger partial charge in [0.05, 0.1) is 13.2 Å². The van der Waals surface area contributed by atoms with Gasteiger partial charge >= 0.3 is 0 Å². The van der Waals surface area contributed by atoms with Crippen LogP contribution in [0.5, 0.6) is 0 Å². The third kappa shape index (κ3) is 7.34. The number of amides is 1. The molecule has 1 N–H and O–H groups in total. The summed E-state index contributed by atoms with van der Waals surface area (Å²) in [6, 6.07) is 0.263. The van der Waals surface area contributed by atoms with Crippen LogP contribution in [0.1, 0.15) is 41.0 Å². The smallest absolute Gasteiger partial charge is 0.236 e. The van der Waals surface area contributed by atoms with Crippen LogP contribution in [0.2, 0.25) is 0 Å². The van der Waals surface area contributed by atoms with E-state index in [-0.39, 0.29) is 17.5 Å². The molecule has 17 heavy (non-hydrogen) atoms. The Morgan fingerprint density at radius 3 is 2.41 bits per heavy atom. The van der Waals surface area contributed by atoms with Crippen LogP contribution in [0.4, 0.5) is 0 Å². The van der Waals surface area contributed by atoms with Gasteiger partial charge in [-0.15, -0.1) is 0 Å². The summed E-state index contributed by atoms with van der Waals surface area (Å²) in [4.78, 5) is 14.0. The zero-order chi connectivity index (χ0) is 13.5. The number of hydrogen-bond donors (Lipinski definition) is 1. The Balaban J connectivity index is 4.32. The zero-order valence-corrected chi connectivity index (χ0v) is 12.2. The van der Waals surface area contributed by atoms with E-state index in [1.807, 2.05) is 4.90 Å². The van der Waals surface area contributed by atoms with Crippen molar-refractivity contribution in [3.63, 3.8) is 0 Å². The Labute approximate surface area is 106 Å². The van der Waals surface area contributed by atoms with E-state index in [9.17, 15) is 4.79 Å². The lowest BCUT2D eigenvalue weighted by atomic mass is 10.1. The summed E-state index contributed by atoms with van der Waals surface area (Å²) >= 11 is 0. The number of carbonyl (C=O) groups excluding carboxylic acids is 1. The van der Waals surface area contributed by atoms with Crippen molar-refractivity contribution in [3.8, 4) is 0 Å². The molecule has 102 valence electrons. The van der Waals surface area contributed by atoms with E-state index < -0.39 is 0 Å². The van der Waals surface area contributed by atoms with Gasteiger partial charge in [-0.05, 0) is 34.1 Å². The molecule has 0 spiro atoms. The molecule has 0 aliphatic carbocycles. The van der Waals surface area contributed by atoms with E-state index >= 15 is 0 Å².